The molecule has 0 aromatic carbocycles. The van der Waals surface area contributed by atoms with Gasteiger partial charge in [0, 0.05) is 19.1 Å². The van der Waals surface area contributed by atoms with E-state index in [1.807, 2.05) is 0 Å². The van der Waals surface area contributed by atoms with Crippen molar-refractivity contribution in [2.45, 2.75) is 77.7 Å². The fourth-order valence-electron chi connectivity index (χ4n) is 4.54. The zero-order valence-electron chi connectivity index (χ0n) is 14.1. The molecule has 0 amide bonds. The molecule has 0 bridgehead atoms. The average Bonchev–Trinajstić information content (AvgIpc) is 2.46. The van der Waals surface area contributed by atoms with E-state index in [1.165, 1.54) is 70.9 Å². The second kappa shape index (κ2) is 7.79. The van der Waals surface area contributed by atoms with Crippen LogP contribution in [0.4, 0.5) is 0 Å². The van der Waals surface area contributed by atoms with E-state index in [1.54, 1.807) is 0 Å². The molecule has 2 atom stereocenters. The first-order valence-electron chi connectivity index (χ1n) is 9.06. The highest BCUT2D eigenvalue weighted by Crippen LogP contribution is 2.38. The minimum Gasteiger partial charge on any atom is -0.316 e. The van der Waals surface area contributed by atoms with Gasteiger partial charge in [0.15, 0.2) is 0 Å². The minimum atomic E-state index is 0.559. The Balaban J connectivity index is 1.91. The lowest BCUT2D eigenvalue weighted by Crippen LogP contribution is -2.48. The van der Waals surface area contributed by atoms with Crippen molar-refractivity contribution >= 4 is 0 Å². The molecule has 2 rings (SSSR count). The molecule has 0 saturated heterocycles. The Kier molecular flexibility index (Phi) is 6.35. The van der Waals surface area contributed by atoms with Gasteiger partial charge in [-0.2, -0.15) is 0 Å². The monoisotopic (exact) mass is 280 g/mol. The van der Waals surface area contributed by atoms with Crippen molar-refractivity contribution in [1.29, 1.82) is 0 Å². The lowest BCUT2D eigenvalue weighted by molar-refractivity contribution is 0.0721. The predicted octanol–water partition coefficient (Wildman–Crippen LogP) is 4.06. The van der Waals surface area contributed by atoms with Gasteiger partial charge >= 0.3 is 0 Å². The standard InChI is InChI=1S/C18H36N2/c1-4-19-14-18(11-6-5-7-12-18)15-20(3)17-10-8-9-16(2)13-17/h16-17,19H,4-15H2,1-3H3. The lowest BCUT2D eigenvalue weighted by atomic mass is 9.73. The van der Waals surface area contributed by atoms with Gasteiger partial charge in [0.05, 0.1) is 0 Å². The number of hydrogen-bond acceptors (Lipinski definition) is 2. The van der Waals surface area contributed by atoms with Gasteiger partial charge in [-0.15, -0.1) is 0 Å². The first-order chi connectivity index (χ1) is 9.65. The highest BCUT2D eigenvalue weighted by Gasteiger charge is 2.34. The third-order valence-electron chi connectivity index (χ3n) is 5.78. The molecule has 2 heteroatoms. The largest absolute Gasteiger partial charge is 0.316 e. The van der Waals surface area contributed by atoms with Crippen LogP contribution in [0.1, 0.15) is 71.6 Å². The Morgan fingerprint density at radius 1 is 1.10 bits per heavy atom. The number of hydrogen-bond donors (Lipinski definition) is 1. The molecule has 0 radical (unpaired) electrons. The van der Waals surface area contributed by atoms with Crippen molar-refractivity contribution in [2.75, 3.05) is 26.7 Å². The fraction of sp³-hybridized carbons (Fsp3) is 1.00. The summed E-state index contributed by atoms with van der Waals surface area (Å²) in [6.07, 6.45) is 13.0. The Hall–Kier alpha value is -0.0800. The molecule has 2 aliphatic rings. The van der Waals surface area contributed by atoms with E-state index in [4.69, 9.17) is 0 Å². The van der Waals surface area contributed by atoms with Crippen molar-refractivity contribution in [3.05, 3.63) is 0 Å². The summed E-state index contributed by atoms with van der Waals surface area (Å²) in [5, 5.41) is 3.65. The summed E-state index contributed by atoms with van der Waals surface area (Å²) in [4.78, 5) is 2.72. The van der Waals surface area contributed by atoms with Crippen LogP contribution in [0.3, 0.4) is 0 Å². The van der Waals surface area contributed by atoms with Crippen LogP contribution in [-0.4, -0.2) is 37.6 Å². The molecule has 2 saturated carbocycles. The van der Waals surface area contributed by atoms with E-state index < -0.39 is 0 Å². The van der Waals surface area contributed by atoms with Gasteiger partial charge in [0.25, 0.3) is 0 Å². The number of nitrogens with one attached hydrogen (secondary N) is 1. The summed E-state index contributed by atoms with van der Waals surface area (Å²) in [5.74, 6) is 0.937. The van der Waals surface area contributed by atoms with Crippen molar-refractivity contribution in [1.82, 2.24) is 10.2 Å². The highest BCUT2D eigenvalue weighted by atomic mass is 15.1. The predicted molar refractivity (Wildman–Crippen MR) is 88.1 cm³/mol. The van der Waals surface area contributed by atoms with Gasteiger partial charge in [-0.1, -0.05) is 46.0 Å². The van der Waals surface area contributed by atoms with Crippen LogP contribution in [-0.2, 0) is 0 Å². The highest BCUT2D eigenvalue weighted by molar-refractivity contribution is 4.89. The third-order valence-corrected chi connectivity index (χ3v) is 5.78. The molecular formula is C18H36N2. The quantitative estimate of drug-likeness (QED) is 0.789. The number of nitrogens with zero attached hydrogens (tertiary/aromatic N) is 1. The summed E-state index contributed by atoms with van der Waals surface area (Å²) < 4.78 is 0. The molecule has 2 aliphatic carbocycles. The Bertz CT molecular complexity index is 271. The van der Waals surface area contributed by atoms with Crippen molar-refractivity contribution in [3.8, 4) is 0 Å². The summed E-state index contributed by atoms with van der Waals surface area (Å²) >= 11 is 0. The summed E-state index contributed by atoms with van der Waals surface area (Å²) in [6.45, 7) is 8.34. The Morgan fingerprint density at radius 3 is 2.50 bits per heavy atom. The average molecular weight is 280 g/mol. The second-order valence-electron chi connectivity index (χ2n) is 7.68. The molecule has 0 aromatic rings. The normalized spacial score (nSPS) is 30.6. The van der Waals surface area contributed by atoms with E-state index in [2.05, 4.69) is 31.1 Å². The molecule has 0 aromatic heterocycles. The van der Waals surface area contributed by atoms with Gasteiger partial charge in [0.1, 0.15) is 0 Å². The van der Waals surface area contributed by atoms with Crippen LogP contribution in [0.15, 0.2) is 0 Å². The van der Waals surface area contributed by atoms with Gasteiger partial charge < -0.3 is 10.2 Å². The zero-order valence-corrected chi connectivity index (χ0v) is 14.1. The molecule has 0 heterocycles. The minimum absolute atomic E-state index is 0.559. The van der Waals surface area contributed by atoms with Gasteiger partial charge in [-0.05, 0) is 50.6 Å². The number of rotatable bonds is 6. The lowest BCUT2D eigenvalue weighted by Gasteiger charge is -2.44. The molecule has 2 fully saturated rings. The van der Waals surface area contributed by atoms with Crippen LogP contribution in [0, 0.1) is 11.3 Å². The van der Waals surface area contributed by atoms with Crippen molar-refractivity contribution in [2.24, 2.45) is 11.3 Å². The summed E-state index contributed by atoms with van der Waals surface area (Å²) in [5.41, 5.74) is 0.559. The van der Waals surface area contributed by atoms with Gasteiger partial charge in [-0.3, -0.25) is 0 Å². The van der Waals surface area contributed by atoms with E-state index in [9.17, 15) is 0 Å². The Labute approximate surface area is 126 Å². The third kappa shape index (κ3) is 4.46. The molecule has 0 aliphatic heterocycles. The summed E-state index contributed by atoms with van der Waals surface area (Å²) in [7, 11) is 2.39. The second-order valence-corrected chi connectivity index (χ2v) is 7.68. The fourth-order valence-corrected chi connectivity index (χ4v) is 4.54. The van der Waals surface area contributed by atoms with Crippen LogP contribution in [0.5, 0.6) is 0 Å². The van der Waals surface area contributed by atoms with Crippen LogP contribution in [0.2, 0.25) is 0 Å². The topological polar surface area (TPSA) is 15.3 Å². The molecular weight excluding hydrogens is 244 g/mol. The van der Waals surface area contributed by atoms with E-state index in [0.29, 0.717) is 5.41 Å². The maximum Gasteiger partial charge on any atom is 0.00949 e. The first kappa shape index (κ1) is 16.3. The molecule has 118 valence electrons. The Morgan fingerprint density at radius 2 is 1.85 bits per heavy atom. The first-order valence-corrected chi connectivity index (χ1v) is 9.06. The van der Waals surface area contributed by atoms with Gasteiger partial charge in [0.2, 0.25) is 0 Å². The van der Waals surface area contributed by atoms with Crippen LogP contribution < -0.4 is 5.32 Å². The molecule has 20 heavy (non-hydrogen) atoms. The molecule has 2 unspecified atom stereocenters. The van der Waals surface area contributed by atoms with Crippen molar-refractivity contribution < 1.29 is 0 Å². The maximum absolute atomic E-state index is 3.65. The SMILES string of the molecule is CCNCC1(CN(C)C2CCCC(C)C2)CCCCC1. The molecule has 1 N–H and O–H groups in total. The van der Waals surface area contributed by atoms with E-state index in [0.717, 1.165) is 18.5 Å². The van der Waals surface area contributed by atoms with Crippen LogP contribution >= 0.6 is 0 Å². The van der Waals surface area contributed by atoms with Crippen molar-refractivity contribution in [3.63, 3.8) is 0 Å². The zero-order chi connectivity index (χ0) is 14.4. The molecule has 0 spiro atoms. The summed E-state index contributed by atoms with van der Waals surface area (Å²) in [6, 6.07) is 0.846. The maximum atomic E-state index is 3.65. The van der Waals surface area contributed by atoms with E-state index in [-0.39, 0.29) is 0 Å². The van der Waals surface area contributed by atoms with E-state index >= 15 is 0 Å². The molecule has 2 nitrogen and oxygen atoms in total. The van der Waals surface area contributed by atoms with Crippen LogP contribution in [0.25, 0.3) is 0 Å². The smallest absolute Gasteiger partial charge is 0.00949 e. The van der Waals surface area contributed by atoms with Gasteiger partial charge in [-0.25, -0.2) is 0 Å².